The molecule has 3 heterocycles. The third-order valence-electron chi connectivity index (χ3n) is 4.49. The number of nitrogens with one attached hydrogen (secondary N) is 4. The quantitative estimate of drug-likeness (QED) is 0.322. The van der Waals surface area contributed by atoms with Crippen LogP contribution in [0.15, 0.2) is 21.7 Å². The van der Waals surface area contributed by atoms with E-state index in [2.05, 4.69) is 41.2 Å². The number of H-pyrrole nitrogens is 2. The van der Waals surface area contributed by atoms with E-state index in [-0.39, 0.29) is 17.4 Å². The zero-order chi connectivity index (χ0) is 22.0. The smallest absolute Gasteiger partial charge is 0.273 e. The highest BCUT2D eigenvalue weighted by Crippen LogP contribution is 2.33. The van der Waals surface area contributed by atoms with Gasteiger partial charge in [0.05, 0.1) is 9.86 Å². The van der Waals surface area contributed by atoms with Crippen LogP contribution in [0.3, 0.4) is 0 Å². The Morgan fingerprint density at radius 3 is 2.70 bits per heavy atom. The maximum Gasteiger partial charge on any atom is 0.273 e. The van der Waals surface area contributed by atoms with E-state index in [9.17, 15) is 9.59 Å². The molecule has 0 saturated heterocycles. The van der Waals surface area contributed by atoms with Crippen LogP contribution in [0.5, 0.6) is 0 Å². The molecule has 3 aromatic rings. The molecule has 0 atom stereocenters. The van der Waals surface area contributed by atoms with Crippen LogP contribution in [-0.4, -0.2) is 76.1 Å². The number of amides is 1. The molecular weight excluding hydrogens is 454 g/mol. The van der Waals surface area contributed by atoms with Crippen molar-refractivity contribution in [3.63, 3.8) is 0 Å². The highest BCUT2D eigenvalue weighted by Gasteiger charge is 2.23. The summed E-state index contributed by atoms with van der Waals surface area (Å²) in [4.78, 5) is 42.6. The molecule has 0 spiro atoms. The highest BCUT2D eigenvalue weighted by atomic mass is 79.9. The molecule has 0 bridgehead atoms. The first-order chi connectivity index (χ1) is 14.2. The Bertz CT molecular complexity index is 1170. The standard InChI is InChI=1S/C18H22BrN9O2/c1-27(2)4-5-28(3)18(30)13-12(19)11-15(22-8-23-16(11)25-13)24-10-6-9(7-20)14(21)26-17(10)29/h6-8,20H,4-5H2,1-3H3,(H3,21,26,29)(H2,22,23,24,25). The van der Waals surface area contributed by atoms with E-state index >= 15 is 0 Å². The van der Waals surface area contributed by atoms with Gasteiger partial charge in [-0.15, -0.1) is 0 Å². The lowest BCUT2D eigenvalue weighted by atomic mass is 10.2. The van der Waals surface area contributed by atoms with Crippen molar-refractivity contribution in [2.45, 2.75) is 0 Å². The second-order valence-electron chi connectivity index (χ2n) is 6.94. The monoisotopic (exact) mass is 475 g/mol. The van der Waals surface area contributed by atoms with E-state index in [0.29, 0.717) is 39.1 Å². The minimum Gasteiger partial charge on any atom is -0.385 e. The van der Waals surface area contributed by atoms with E-state index in [1.807, 2.05) is 19.0 Å². The van der Waals surface area contributed by atoms with Crippen LogP contribution in [0, 0.1) is 5.41 Å². The molecule has 0 aliphatic heterocycles. The Labute approximate surface area is 180 Å². The van der Waals surface area contributed by atoms with Crippen LogP contribution < -0.4 is 16.6 Å². The number of carbonyl (C=O) groups is 1. The number of halogens is 1. The third kappa shape index (κ3) is 4.19. The number of fused-ring (bicyclic) bond motifs is 1. The molecule has 1 amide bonds. The molecule has 158 valence electrons. The van der Waals surface area contributed by atoms with Gasteiger partial charge in [-0.1, -0.05) is 0 Å². The molecule has 6 N–H and O–H groups in total. The normalized spacial score (nSPS) is 11.1. The maximum absolute atomic E-state index is 12.9. The number of pyridine rings is 1. The van der Waals surface area contributed by atoms with Crippen molar-refractivity contribution in [3.8, 4) is 0 Å². The van der Waals surface area contributed by atoms with Crippen molar-refractivity contribution in [3.05, 3.63) is 38.5 Å². The second-order valence-corrected chi connectivity index (χ2v) is 7.73. The Hall–Kier alpha value is -3.25. The average Bonchev–Trinajstić information content (AvgIpc) is 3.05. The SMILES string of the molecule is CN(C)CCN(C)C(=O)c1[nH]c2ncnc(Nc3cc(C=N)c(N)[nH]c3=O)c2c1Br. The van der Waals surface area contributed by atoms with Crippen LogP contribution in [-0.2, 0) is 0 Å². The molecule has 3 aromatic heterocycles. The van der Waals surface area contributed by atoms with Crippen molar-refractivity contribution >= 4 is 56.4 Å². The molecule has 0 aliphatic carbocycles. The Morgan fingerprint density at radius 1 is 1.30 bits per heavy atom. The number of hydrogen-bond acceptors (Lipinski definition) is 8. The van der Waals surface area contributed by atoms with Crippen molar-refractivity contribution in [2.24, 2.45) is 0 Å². The topological polar surface area (TPSA) is 160 Å². The summed E-state index contributed by atoms with van der Waals surface area (Å²) in [5, 5.41) is 10.9. The van der Waals surface area contributed by atoms with E-state index in [1.54, 1.807) is 11.9 Å². The van der Waals surface area contributed by atoms with Gasteiger partial charge in [0, 0.05) is 31.9 Å². The molecule has 0 aliphatic rings. The van der Waals surface area contributed by atoms with Crippen LogP contribution in [0.2, 0.25) is 0 Å². The fourth-order valence-electron chi connectivity index (χ4n) is 2.77. The largest absolute Gasteiger partial charge is 0.385 e. The van der Waals surface area contributed by atoms with Gasteiger partial charge in [-0.25, -0.2) is 9.97 Å². The summed E-state index contributed by atoms with van der Waals surface area (Å²) in [7, 11) is 5.60. The number of anilines is 3. The molecule has 0 saturated carbocycles. The minimum absolute atomic E-state index is 0.102. The molecular formula is C18H22BrN9O2. The molecule has 0 radical (unpaired) electrons. The van der Waals surface area contributed by atoms with E-state index in [0.717, 1.165) is 12.8 Å². The fourth-order valence-corrected chi connectivity index (χ4v) is 3.42. The van der Waals surface area contributed by atoms with E-state index < -0.39 is 5.56 Å². The molecule has 30 heavy (non-hydrogen) atoms. The summed E-state index contributed by atoms with van der Waals surface area (Å²) < 4.78 is 0.487. The van der Waals surface area contributed by atoms with Crippen LogP contribution in [0.1, 0.15) is 16.1 Å². The third-order valence-corrected chi connectivity index (χ3v) is 5.28. The summed E-state index contributed by atoms with van der Waals surface area (Å²) in [5.41, 5.74) is 6.52. The van der Waals surface area contributed by atoms with Gasteiger partial charge in [-0.3, -0.25) is 9.59 Å². The number of hydrogen-bond donors (Lipinski definition) is 5. The summed E-state index contributed by atoms with van der Waals surface area (Å²) >= 11 is 3.47. The summed E-state index contributed by atoms with van der Waals surface area (Å²) in [6.45, 7) is 1.28. The lowest BCUT2D eigenvalue weighted by molar-refractivity contribution is 0.0780. The number of carbonyl (C=O) groups excluding carboxylic acids is 1. The van der Waals surface area contributed by atoms with Gasteiger partial charge in [0.1, 0.15) is 35.0 Å². The zero-order valence-corrected chi connectivity index (χ0v) is 18.3. The lowest BCUT2D eigenvalue weighted by Gasteiger charge is -2.19. The molecule has 0 fully saturated rings. The minimum atomic E-state index is -0.462. The van der Waals surface area contributed by atoms with Gasteiger partial charge in [0.2, 0.25) is 0 Å². The summed E-state index contributed by atoms with van der Waals surface area (Å²) in [6, 6.07) is 1.46. The predicted octanol–water partition coefficient (Wildman–Crippen LogP) is 1.37. The number of nitrogens with zero attached hydrogens (tertiary/aromatic N) is 4. The molecule has 3 rings (SSSR count). The number of rotatable bonds is 7. The first-order valence-corrected chi connectivity index (χ1v) is 9.74. The fraction of sp³-hybridized carbons (Fsp3) is 0.278. The summed E-state index contributed by atoms with van der Waals surface area (Å²) in [6.07, 6.45) is 2.36. The maximum atomic E-state index is 12.9. The zero-order valence-electron chi connectivity index (χ0n) is 16.7. The predicted molar refractivity (Wildman–Crippen MR) is 120 cm³/mol. The Morgan fingerprint density at radius 2 is 2.03 bits per heavy atom. The van der Waals surface area contributed by atoms with Gasteiger partial charge in [-0.05, 0) is 36.1 Å². The summed E-state index contributed by atoms with van der Waals surface area (Å²) in [5.74, 6) is 0.221. The van der Waals surface area contributed by atoms with Crippen molar-refractivity contribution < 1.29 is 4.79 Å². The van der Waals surface area contributed by atoms with Crippen molar-refractivity contribution in [1.29, 1.82) is 5.41 Å². The second kappa shape index (κ2) is 8.63. The number of nitrogen functional groups attached to an aromatic ring is 1. The van der Waals surface area contributed by atoms with E-state index in [4.69, 9.17) is 11.1 Å². The van der Waals surface area contributed by atoms with Crippen LogP contribution >= 0.6 is 15.9 Å². The molecule has 12 heteroatoms. The molecule has 11 nitrogen and oxygen atoms in total. The Kier molecular flexibility index (Phi) is 6.17. The Balaban J connectivity index is 2.00. The average molecular weight is 476 g/mol. The van der Waals surface area contributed by atoms with Gasteiger partial charge < -0.3 is 36.2 Å². The van der Waals surface area contributed by atoms with Gasteiger partial charge in [-0.2, -0.15) is 0 Å². The number of likely N-dealkylation sites (N-methyl/N-ethyl adjacent to an activating group) is 2. The van der Waals surface area contributed by atoms with Crippen LogP contribution in [0.4, 0.5) is 17.3 Å². The van der Waals surface area contributed by atoms with Gasteiger partial charge >= 0.3 is 0 Å². The van der Waals surface area contributed by atoms with Gasteiger partial charge in [0.15, 0.2) is 0 Å². The first kappa shape index (κ1) is 21.5. The van der Waals surface area contributed by atoms with Crippen molar-refractivity contribution in [1.82, 2.24) is 29.7 Å². The first-order valence-electron chi connectivity index (χ1n) is 8.95. The lowest BCUT2D eigenvalue weighted by Crippen LogP contribution is -2.33. The van der Waals surface area contributed by atoms with E-state index in [1.165, 1.54) is 12.4 Å². The van der Waals surface area contributed by atoms with Crippen LogP contribution in [0.25, 0.3) is 11.0 Å². The highest BCUT2D eigenvalue weighted by molar-refractivity contribution is 9.10. The van der Waals surface area contributed by atoms with Crippen molar-refractivity contribution in [2.75, 3.05) is 45.3 Å². The number of aromatic amines is 2. The molecule has 0 unspecified atom stereocenters. The number of aromatic nitrogens is 4. The van der Waals surface area contributed by atoms with Gasteiger partial charge in [0.25, 0.3) is 11.5 Å². The molecule has 0 aromatic carbocycles. The number of nitrogens with two attached hydrogens (primary N) is 1.